The first-order valence-corrected chi connectivity index (χ1v) is 5.70. The Labute approximate surface area is 96.3 Å². The Morgan fingerprint density at radius 1 is 1.25 bits per heavy atom. The van der Waals surface area contributed by atoms with Gasteiger partial charge < -0.3 is 0 Å². The van der Waals surface area contributed by atoms with Gasteiger partial charge in [-0.1, -0.05) is 18.1 Å². The van der Waals surface area contributed by atoms with Crippen molar-refractivity contribution in [2.75, 3.05) is 13.1 Å². The number of halogens is 1. The van der Waals surface area contributed by atoms with Crippen LogP contribution >= 0.6 is 0 Å². The van der Waals surface area contributed by atoms with Crippen molar-refractivity contribution in [1.29, 1.82) is 0 Å². The SMILES string of the molecule is C#Cc1ccc(CN2CCC(F)CC2)cc1. The van der Waals surface area contributed by atoms with Gasteiger partial charge in [0.05, 0.1) is 0 Å². The molecule has 0 atom stereocenters. The Morgan fingerprint density at radius 2 is 1.88 bits per heavy atom. The van der Waals surface area contributed by atoms with E-state index in [4.69, 9.17) is 6.42 Å². The van der Waals surface area contributed by atoms with E-state index in [1.54, 1.807) is 0 Å². The minimum atomic E-state index is -0.597. The van der Waals surface area contributed by atoms with Crippen LogP contribution in [-0.2, 0) is 6.54 Å². The Morgan fingerprint density at radius 3 is 2.44 bits per heavy atom. The Kier molecular flexibility index (Phi) is 3.58. The van der Waals surface area contributed by atoms with Gasteiger partial charge in [0.1, 0.15) is 6.17 Å². The Hall–Kier alpha value is -1.33. The smallest absolute Gasteiger partial charge is 0.103 e. The summed E-state index contributed by atoms with van der Waals surface area (Å²) in [7, 11) is 0. The second-order valence-corrected chi connectivity index (χ2v) is 4.29. The molecule has 0 amide bonds. The van der Waals surface area contributed by atoms with Crippen molar-refractivity contribution < 1.29 is 4.39 Å². The lowest BCUT2D eigenvalue weighted by atomic mass is 10.1. The zero-order valence-corrected chi connectivity index (χ0v) is 9.32. The van der Waals surface area contributed by atoms with E-state index < -0.39 is 6.17 Å². The lowest BCUT2D eigenvalue weighted by molar-refractivity contribution is 0.145. The summed E-state index contributed by atoms with van der Waals surface area (Å²) in [6, 6.07) is 8.02. The molecular formula is C14H16FN. The van der Waals surface area contributed by atoms with Crippen molar-refractivity contribution in [2.45, 2.75) is 25.6 Å². The third kappa shape index (κ3) is 2.84. The summed E-state index contributed by atoms with van der Waals surface area (Å²) < 4.78 is 12.9. The molecule has 0 aliphatic carbocycles. The van der Waals surface area contributed by atoms with Crippen LogP contribution in [0.25, 0.3) is 0 Å². The molecule has 0 aromatic heterocycles. The lowest BCUT2D eigenvalue weighted by Gasteiger charge is -2.28. The average molecular weight is 217 g/mol. The van der Waals surface area contributed by atoms with E-state index in [0.717, 1.165) is 25.2 Å². The van der Waals surface area contributed by atoms with Gasteiger partial charge in [-0.3, -0.25) is 4.90 Å². The number of hydrogen-bond donors (Lipinski definition) is 0. The fourth-order valence-corrected chi connectivity index (χ4v) is 2.02. The minimum Gasteiger partial charge on any atom is -0.299 e. The normalized spacial score (nSPS) is 18.2. The molecule has 1 aromatic carbocycles. The molecule has 1 nitrogen and oxygen atoms in total. The highest BCUT2D eigenvalue weighted by atomic mass is 19.1. The highest BCUT2D eigenvalue weighted by Crippen LogP contribution is 2.16. The van der Waals surface area contributed by atoms with Crippen molar-refractivity contribution in [3.63, 3.8) is 0 Å². The molecular weight excluding hydrogens is 201 g/mol. The molecule has 1 aromatic rings. The monoisotopic (exact) mass is 217 g/mol. The average Bonchev–Trinajstić information content (AvgIpc) is 2.33. The molecule has 84 valence electrons. The van der Waals surface area contributed by atoms with Crippen LogP contribution in [0.1, 0.15) is 24.0 Å². The first-order chi connectivity index (χ1) is 7.78. The van der Waals surface area contributed by atoms with Crippen LogP contribution in [0.5, 0.6) is 0 Å². The molecule has 2 heteroatoms. The van der Waals surface area contributed by atoms with Gasteiger partial charge in [0, 0.05) is 25.2 Å². The van der Waals surface area contributed by atoms with Gasteiger partial charge in [0.15, 0.2) is 0 Å². The molecule has 0 saturated carbocycles. The minimum absolute atomic E-state index is 0.597. The molecule has 16 heavy (non-hydrogen) atoms. The number of piperidine rings is 1. The number of rotatable bonds is 2. The molecule has 1 fully saturated rings. The molecule has 1 heterocycles. The van der Waals surface area contributed by atoms with Gasteiger partial charge in [-0.25, -0.2) is 4.39 Å². The summed E-state index contributed by atoms with van der Waals surface area (Å²) >= 11 is 0. The van der Waals surface area contributed by atoms with Crippen LogP contribution < -0.4 is 0 Å². The fourth-order valence-electron chi connectivity index (χ4n) is 2.02. The quantitative estimate of drug-likeness (QED) is 0.688. The molecule has 1 saturated heterocycles. The maximum Gasteiger partial charge on any atom is 0.103 e. The number of hydrogen-bond acceptors (Lipinski definition) is 1. The lowest BCUT2D eigenvalue weighted by Crippen LogP contribution is -2.33. The van der Waals surface area contributed by atoms with Gasteiger partial charge in [0.25, 0.3) is 0 Å². The van der Waals surface area contributed by atoms with E-state index in [1.165, 1.54) is 5.56 Å². The molecule has 1 aliphatic rings. The van der Waals surface area contributed by atoms with Crippen molar-refractivity contribution in [3.05, 3.63) is 35.4 Å². The summed E-state index contributed by atoms with van der Waals surface area (Å²) in [4.78, 5) is 2.29. The van der Waals surface area contributed by atoms with Gasteiger partial charge in [-0.05, 0) is 30.5 Å². The third-order valence-electron chi connectivity index (χ3n) is 3.04. The van der Waals surface area contributed by atoms with Crippen LogP contribution in [0.3, 0.4) is 0 Å². The standard InChI is InChI=1S/C14H16FN/c1-2-12-3-5-13(6-4-12)11-16-9-7-14(15)8-10-16/h1,3-6,14H,7-11H2. The number of nitrogens with zero attached hydrogens (tertiary/aromatic N) is 1. The molecule has 0 radical (unpaired) electrons. The van der Waals surface area contributed by atoms with E-state index in [9.17, 15) is 4.39 Å². The van der Waals surface area contributed by atoms with Crippen LogP contribution in [0, 0.1) is 12.3 Å². The molecule has 1 aliphatic heterocycles. The van der Waals surface area contributed by atoms with Crippen LogP contribution in [-0.4, -0.2) is 24.2 Å². The molecule has 2 rings (SSSR count). The van der Waals surface area contributed by atoms with Gasteiger partial charge in [-0.15, -0.1) is 6.42 Å². The number of terminal acetylenes is 1. The van der Waals surface area contributed by atoms with Crippen molar-refractivity contribution in [3.8, 4) is 12.3 Å². The van der Waals surface area contributed by atoms with Crippen LogP contribution in [0.2, 0.25) is 0 Å². The van der Waals surface area contributed by atoms with Crippen molar-refractivity contribution >= 4 is 0 Å². The first kappa shape index (κ1) is 11.2. The van der Waals surface area contributed by atoms with Crippen molar-refractivity contribution in [1.82, 2.24) is 4.90 Å². The highest BCUT2D eigenvalue weighted by molar-refractivity contribution is 5.34. The highest BCUT2D eigenvalue weighted by Gasteiger charge is 2.17. The number of benzene rings is 1. The van der Waals surface area contributed by atoms with E-state index >= 15 is 0 Å². The maximum absolute atomic E-state index is 12.9. The Balaban J connectivity index is 1.91. The van der Waals surface area contributed by atoms with E-state index in [1.807, 2.05) is 12.1 Å². The van der Waals surface area contributed by atoms with Crippen LogP contribution in [0.15, 0.2) is 24.3 Å². The predicted molar refractivity (Wildman–Crippen MR) is 63.8 cm³/mol. The summed E-state index contributed by atoms with van der Waals surface area (Å²) in [5.74, 6) is 2.60. The molecule has 0 unspecified atom stereocenters. The van der Waals surface area contributed by atoms with E-state index in [-0.39, 0.29) is 0 Å². The van der Waals surface area contributed by atoms with E-state index in [0.29, 0.717) is 12.8 Å². The first-order valence-electron chi connectivity index (χ1n) is 5.70. The van der Waals surface area contributed by atoms with E-state index in [2.05, 4.69) is 23.0 Å². The topological polar surface area (TPSA) is 3.24 Å². The zero-order chi connectivity index (χ0) is 11.4. The van der Waals surface area contributed by atoms with Gasteiger partial charge in [0.2, 0.25) is 0 Å². The Bertz CT molecular complexity index is 369. The number of likely N-dealkylation sites (tertiary alicyclic amines) is 1. The van der Waals surface area contributed by atoms with Gasteiger partial charge in [-0.2, -0.15) is 0 Å². The van der Waals surface area contributed by atoms with Crippen molar-refractivity contribution in [2.24, 2.45) is 0 Å². The summed E-state index contributed by atoms with van der Waals surface area (Å²) in [5.41, 5.74) is 2.16. The third-order valence-corrected chi connectivity index (χ3v) is 3.04. The maximum atomic E-state index is 12.9. The molecule has 0 N–H and O–H groups in total. The summed E-state index contributed by atoms with van der Waals surface area (Å²) in [6.07, 6.45) is 6.04. The molecule has 0 bridgehead atoms. The predicted octanol–water partition coefficient (Wildman–Crippen LogP) is 2.60. The summed E-state index contributed by atoms with van der Waals surface area (Å²) in [5, 5.41) is 0. The largest absolute Gasteiger partial charge is 0.299 e. The second kappa shape index (κ2) is 5.14. The van der Waals surface area contributed by atoms with Crippen LogP contribution in [0.4, 0.5) is 4.39 Å². The second-order valence-electron chi connectivity index (χ2n) is 4.29. The fraction of sp³-hybridized carbons (Fsp3) is 0.429. The van der Waals surface area contributed by atoms with Gasteiger partial charge >= 0.3 is 0 Å². The zero-order valence-electron chi connectivity index (χ0n) is 9.32. The summed E-state index contributed by atoms with van der Waals surface area (Å²) in [6.45, 7) is 2.62. The number of alkyl halides is 1. The molecule has 0 spiro atoms.